The number of rotatable bonds is 2. The molecule has 0 amide bonds. The molecule has 3 nitrogen and oxygen atoms in total. The van der Waals surface area contributed by atoms with Gasteiger partial charge in [-0.3, -0.25) is 4.79 Å². The van der Waals surface area contributed by atoms with Crippen LogP contribution in [0.25, 0.3) is 0 Å². The van der Waals surface area contributed by atoms with Crippen LogP contribution in [-0.2, 0) is 9.53 Å². The number of piperidine rings is 1. The summed E-state index contributed by atoms with van der Waals surface area (Å²) in [6.45, 7) is 5.58. The summed E-state index contributed by atoms with van der Waals surface area (Å²) in [6, 6.07) is 0. The summed E-state index contributed by atoms with van der Waals surface area (Å²) >= 11 is 0. The topological polar surface area (TPSA) is 38.3 Å². The van der Waals surface area contributed by atoms with Gasteiger partial charge in [0.15, 0.2) is 0 Å². The van der Waals surface area contributed by atoms with E-state index in [1.54, 1.807) is 0 Å². The van der Waals surface area contributed by atoms with Crippen LogP contribution in [0.4, 0.5) is 0 Å². The summed E-state index contributed by atoms with van der Waals surface area (Å²) in [5, 5.41) is 3.19. The number of ether oxygens (including phenoxy) is 1. The third kappa shape index (κ3) is 2.81. The van der Waals surface area contributed by atoms with Crippen molar-refractivity contribution in [2.75, 3.05) is 13.1 Å². The Morgan fingerprint density at radius 2 is 2.33 bits per heavy atom. The third-order valence-electron chi connectivity index (χ3n) is 1.98. The molecule has 0 aromatic carbocycles. The van der Waals surface area contributed by atoms with Crippen molar-refractivity contribution >= 4 is 5.97 Å². The molecular formula is C9H17NO2. The molecular weight excluding hydrogens is 154 g/mol. The lowest BCUT2D eigenvalue weighted by atomic mass is 10.0. The van der Waals surface area contributed by atoms with Gasteiger partial charge in [-0.05, 0) is 33.2 Å². The zero-order valence-corrected chi connectivity index (χ0v) is 7.80. The third-order valence-corrected chi connectivity index (χ3v) is 1.98. The summed E-state index contributed by atoms with van der Waals surface area (Å²) in [6.07, 6.45) is 2.07. The highest BCUT2D eigenvalue weighted by Gasteiger charge is 2.22. The van der Waals surface area contributed by atoms with Gasteiger partial charge in [-0.2, -0.15) is 0 Å². The summed E-state index contributed by atoms with van der Waals surface area (Å²) in [4.78, 5) is 11.3. The lowest BCUT2D eigenvalue weighted by Crippen LogP contribution is -2.36. The molecule has 0 aliphatic carbocycles. The molecule has 12 heavy (non-hydrogen) atoms. The van der Waals surface area contributed by atoms with E-state index < -0.39 is 0 Å². The monoisotopic (exact) mass is 171 g/mol. The van der Waals surface area contributed by atoms with Gasteiger partial charge in [0.2, 0.25) is 0 Å². The van der Waals surface area contributed by atoms with E-state index in [1.165, 1.54) is 0 Å². The Bertz CT molecular complexity index is 151. The second-order valence-corrected chi connectivity index (χ2v) is 3.53. The molecule has 0 bridgehead atoms. The summed E-state index contributed by atoms with van der Waals surface area (Å²) in [7, 11) is 0. The van der Waals surface area contributed by atoms with Gasteiger partial charge in [-0.1, -0.05) is 0 Å². The van der Waals surface area contributed by atoms with Gasteiger partial charge in [0, 0.05) is 6.54 Å². The molecule has 1 rings (SSSR count). The van der Waals surface area contributed by atoms with E-state index >= 15 is 0 Å². The fourth-order valence-corrected chi connectivity index (χ4v) is 1.38. The molecule has 1 fully saturated rings. The van der Waals surface area contributed by atoms with Gasteiger partial charge >= 0.3 is 5.97 Å². The number of carbonyl (C=O) groups excluding carboxylic acids is 1. The predicted octanol–water partition coefficient (Wildman–Crippen LogP) is 0.938. The van der Waals surface area contributed by atoms with Gasteiger partial charge in [-0.15, -0.1) is 0 Å². The largest absolute Gasteiger partial charge is 0.463 e. The molecule has 1 heterocycles. The average Bonchev–Trinajstić information content (AvgIpc) is 2.05. The lowest BCUT2D eigenvalue weighted by molar-refractivity contribution is -0.152. The molecule has 1 saturated heterocycles. The van der Waals surface area contributed by atoms with Crippen molar-refractivity contribution in [3.05, 3.63) is 0 Å². The van der Waals surface area contributed by atoms with E-state index in [4.69, 9.17) is 4.74 Å². The molecule has 1 aliphatic rings. The Labute approximate surface area is 73.5 Å². The van der Waals surface area contributed by atoms with E-state index in [-0.39, 0.29) is 18.0 Å². The maximum absolute atomic E-state index is 11.3. The first-order chi connectivity index (χ1) is 5.70. The number of hydrogen-bond acceptors (Lipinski definition) is 3. The van der Waals surface area contributed by atoms with Gasteiger partial charge in [0.05, 0.1) is 12.0 Å². The van der Waals surface area contributed by atoms with E-state index in [2.05, 4.69) is 5.32 Å². The highest BCUT2D eigenvalue weighted by atomic mass is 16.5. The Morgan fingerprint density at radius 1 is 1.58 bits per heavy atom. The second kappa shape index (κ2) is 4.45. The Hall–Kier alpha value is -0.570. The molecule has 1 aliphatic heterocycles. The maximum Gasteiger partial charge on any atom is 0.310 e. The Kier molecular flexibility index (Phi) is 3.53. The van der Waals surface area contributed by atoms with Gasteiger partial charge in [0.1, 0.15) is 0 Å². The minimum atomic E-state index is -0.0443. The van der Waals surface area contributed by atoms with Gasteiger partial charge < -0.3 is 10.1 Å². The molecule has 0 saturated carbocycles. The zero-order valence-electron chi connectivity index (χ0n) is 7.80. The van der Waals surface area contributed by atoms with Crippen LogP contribution >= 0.6 is 0 Å². The first-order valence-electron chi connectivity index (χ1n) is 4.61. The van der Waals surface area contributed by atoms with Crippen LogP contribution in [0, 0.1) is 5.92 Å². The minimum Gasteiger partial charge on any atom is -0.463 e. The number of esters is 1. The molecule has 0 radical (unpaired) electrons. The first kappa shape index (κ1) is 9.52. The highest BCUT2D eigenvalue weighted by Crippen LogP contribution is 2.12. The van der Waals surface area contributed by atoms with Crippen LogP contribution in [0.3, 0.4) is 0 Å². The Morgan fingerprint density at radius 3 is 2.83 bits per heavy atom. The van der Waals surface area contributed by atoms with Crippen LogP contribution in [0.15, 0.2) is 0 Å². The smallest absolute Gasteiger partial charge is 0.310 e. The normalized spacial score (nSPS) is 24.1. The van der Waals surface area contributed by atoms with E-state index in [9.17, 15) is 4.79 Å². The van der Waals surface area contributed by atoms with Crippen LogP contribution in [0.5, 0.6) is 0 Å². The molecule has 0 unspecified atom stereocenters. The lowest BCUT2D eigenvalue weighted by Gasteiger charge is -2.22. The van der Waals surface area contributed by atoms with Crippen LogP contribution < -0.4 is 5.32 Å². The zero-order chi connectivity index (χ0) is 8.97. The molecule has 0 spiro atoms. The first-order valence-corrected chi connectivity index (χ1v) is 4.61. The van der Waals surface area contributed by atoms with Crippen LogP contribution in [0.2, 0.25) is 0 Å². The van der Waals surface area contributed by atoms with Crippen molar-refractivity contribution in [2.24, 2.45) is 5.92 Å². The number of hydrogen-bond donors (Lipinski definition) is 1. The van der Waals surface area contributed by atoms with Crippen molar-refractivity contribution in [3.63, 3.8) is 0 Å². The molecule has 3 heteroatoms. The summed E-state index contributed by atoms with van der Waals surface area (Å²) in [5.74, 6) is 0.0401. The Balaban J connectivity index is 2.30. The molecule has 70 valence electrons. The second-order valence-electron chi connectivity index (χ2n) is 3.53. The van der Waals surface area contributed by atoms with E-state index in [0.29, 0.717) is 0 Å². The minimum absolute atomic E-state index is 0.0134. The molecule has 0 aromatic heterocycles. The van der Waals surface area contributed by atoms with Crippen molar-refractivity contribution in [2.45, 2.75) is 32.8 Å². The van der Waals surface area contributed by atoms with E-state index in [1.807, 2.05) is 13.8 Å². The predicted molar refractivity (Wildman–Crippen MR) is 46.8 cm³/mol. The maximum atomic E-state index is 11.3. The van der Waals surface area contributed by atoms with Gasteiger partial charge in [-0.25, -0.2) is 0 Å². The van der Waals surface area contributed by atoms with Crippen molar-refractivity contribution in [3.8, 4) is 0 Å². The molecule has 1 N–H and O–H groups in total. The van der Waals surface area contributed by atoms with Crippen LogP contribution in [0.1, 0.15) is 26.7 Å². The van der Waals surface area contributed by atoms with Crippen molar-refractivity contribution in [1.29, 1.82) is 0 Å². The SMILES string of the molecule is CC(C)OC(=O)[C@H]1CCCNC1. The number of carbonyl (C=O) groups is 1. The fourth-order valence-electron chi connectivity index (χ4n) is 1.38. The van der Waals surface area contributed by atoms with Crippen molar-refractivity contribution in [1.82, 2.24) is 5.32 Å². The quantitative estimate of drug-likeness (QED) is 0.628. The standard InChI is InChI=1S/C9H17NO2/c1-7(2)12-9(11)8-4-3-5-10-6-8/h7-8,10H,3-6H2,1-2H3/t8-/m0/s1. The van der Waals surface area contributed by atoms with Crippen molar-refractivity contribution < 1.29 is 9.53 Å². The van der Waals surface area contributed by atoms with E-state index in [0.717, 1.165) is 25.9 Å². The fraction of sp³-hybridized carbons (Fsp3) is 0.889. The molecule has 0 aromatic rings. The average molecular weight is 171 g/mol. The number of nitrogens with one attached hydrogen (secondary N) is 1. The highest BCUT2D eigenvalue weighted by molar-refractivity contribution is 5.72. The van der Waals surface area contributed by atoms with Crippen LogP contribution in [-0.4, -0.2) is 25.2 Å². The molecule has 1 atom stereocenters. The summed E-state index contributed by atoms with van der Waals surface area (Å²) < 4.78 is 5.11. The summed E-state index contributed by atoms with van der Waals surface area (Å²) in [5.41, 5.74) is 0. The van der Waals surface area contributed by atoms with Gasteiger partial charge in [0.25, 0.3) is 0 Å².